The zero-order valence-corrected chi connectivity index (χ0v) is 18.6. The molecule has 0 unspecified atom stereocenters. The summed E-state index contributed by atoms with van der Waals surface area (Å²) >= 11 is 1.35. The van der Waals surface area contributed by atoms with Gasteiger partial charge in [-0.25, -0.2) is 0 Å². The topological polar surface area (TPSA) is 90.7 Å². The van der Waals surface area contributed by atoms with Gasteiger partial charge in [0.2, 0.25) is 5.91 Å². The van der Waals surface area contributed by atoms with E-state index in [-0.39, 0.29) is 30.1 Å². The third-order valence-electron chi connectivity index (χ3n) is 4.99. The largest absolute Gasteiger partial charge is 0.418 e. The van der Waals surface area contributed by atoms with Crippen molar-refractivity contribution in [1.82, 2.24) is 10.2 Å². The van der Waals surface area contributed by atoms with Crippen LogP contribution in [0.2, 0.25) is 0 Å². The van der Waals surface area contributed by atoms with E-state index in [0.717, 1.165) is 11.6 Å². The number of anilines is 2. The van der Waals surface area contributed by atoms with Crippen molar-refractivity contribution in [2.24, 2.45) is 4.99 Å². The molecule has 2 N–H and O–H groups in total. The number of aliphatic hydroxyl groups is 1. The van der Waals surface area contributed by atoms with Gasteiger partial charge in [0, 0.05) is 32.7 Å². The lowest BCUT2D eigenvalue weighted by Gasteiger charge is -2.21. The molecule has 2 heterocycles. The lowest BCUT2D eigenvalue weighted by molar-refractivity contribution is -0.137. The molecule has 1 aromatic heterocycles. The molecule has 0 aliphatic carbocycles. The molecule has 2 aromatic carbocycles. The standard InChI is InChI=1S/C22H20F3N5O2S/c1-30(2)18-10-17-16(9-14(18)22(23,24)25)27-19(32)11-15(26-17)12-4-3-5-13(8-12)21-29-28-20(33-21)6-7-31/h3-5,8-10,31H,6-7,11H2,1-2H3,(H,27,32). The fourth-order valence-corrected chi connectivity index (χ4v) is 4.29. The first-order valence-corrected chi connectivity index (χ1v) is 10.8. The molecule has 1 aliphatic heterocycles. The van der Waals surface area contributed by atoms with E-state index in [1.54, 1.807) is 12.1 Å². The molecular formula is C22H20F3N5O2S. The van der Waals surface area contributed by atoms with E-state index in [1.807, 2.05) is 12.1 Å². The molecule has 33 heavy (non-hydrogen) atoms. The van der Waals surface area contributed by atoms with Crippen LogP contribution >= 0.6 is 11.3 Å². The highest BCUT2D eigenvalue weighted by atomic mass is 32.1. The van der Waals surface area contributed by atoms with Crippen LogP contribution in [0, 0.1) is 0 Å². The number of aliphatic imine (C=N–C) groups is 1. The highest BCUT2D eigenvalue weighted by Gasteiger charge is 2.36. The van der Waals surface area contributed by atoms with E-state index in [2.05, 4.69) is 20.5 Å². The quantitative estimate of drug-likeness (QED) is 0.575. The molecule has 7 nitrogen and oxygen atoms in total. The van der Waals surface area contributed by atoms with Gasteiger partial charge in [0.05, 0.1) is 34.8 Å². The molecule has 0 spiro atoms. The van der Waals surface area contributed by atoms with Crippen molar-refractivity contribution in [3.8, 4) is 10.6 Å². The fourth-order valence-electron chi connectivity index (χ4n) is 3.46. The number of nitrogens with zero attached hydrogens (tertiary/aromatic N) is 4. The fraction of sp³-hybridized carbons (Fsp3) is 0.273. The zero-order valence-electron chi connectivity index (χ0n) is 17.8. The minimum atomic E-state index is -4.58. The Labute approximate surface area is 191 Å². The predicted octanol–water partition coefficient (Wildman–Crippen LogP) is 4.29. The summed E-state index contributed by atoms with van der Waals surface area (Å²) in [6.07, 6.45) is -4.26. The summed E-state index contributed by atoms with van der Waals surface area (Å²) in [6.45, 7) is -0.0228. The molecule has 0 saturated carbocycles. The van der Waals surface area contributed by atoms with Gasteiger partial charge in [-0.3, -0.25) is 9.79 Å². The number of benzene rings is 2. The van der Waals surface area contributed by atoms with Crippen molar-refractivity contribution in [2.45, 2.75) is 19.0 Å². The van der Waals surface area contributed by atoms with Gasteiger partial charge in [0.25, 0.3) is 0 Å². The maximum Gasteiger partial charge on any atom is 0.418 e. The minimum Gasteiger partial charge on any atom is -0.396 e. The maximum absolute atomic E-state index is 13.6. The average Bonchev–Trinajstić information content (AvgIpc) is 3.15. The highest BCUT2D eigenvalue weighted by Crippen LogP contribution is 2.43. The molecule has 4 rings (SSSR count). The molecule has 0 radical (unpaired) electrons. The number of fused-ring (bicyclic) bond motifs is 1. The van der Waals surface area contributed by atoms with Gasteiger partial charge >= 0.3 is 6.18 Å². The van der Waals surface area contributed by atoms with Crippen LogP contribution in [0.3, 0.4) is 0 Å². The van der Waals surface area contributed by atoms with E-state index in [1.165, 1.54) is 36.4 Å². The summed E-state index contributed by atoms with van der Waals surface area (Å²) in [7, 11) is 3.04. The van der Waals surface area contributed by atoms with Crippen molar-refractivity contribution >= 4 is 40.0 Å². The van der Waals surface area contributed by atoms with Crippen molar-refractivity contribution < 1.29 is 23.1 Å². The molecule has 172 valence electrons. The van der Waals surface area contributed by atoms with Crippen LogP contribution < -0.4 is 10.2 Å². The van der Waals surface area contributed by atoms with Gasteiger partial charge in [-0.2, -0.15) is 13.2 Å². The molecule has 0 fully saturated rings. The van der Waals surface area contributed by atoms with Crippen LogP contribution in [0.1, 0.15) is 22.6 Å². The van der Waals surface area contributed by atoms with E-state index >= 15 is 0 Å². The molecule has 0 bridgehead atoms. The first-order chi connectivity index (χ1) is 15.7. The number of nitrogens with one attached hydrogen (secondary N) is 1. The Morgan fingerprint density at radius 1 is 1.15 bits per heavy atom. The van der Waals surface area contributed by atoms with Gasteiger partial charge < -0.3 is 15.3 Å². The average molecular weight is 475 g/mol. The molecular weight excluding hydrogens is 455 g/mol. The summed E-state index contributed by atoms with van der Waals surface area (Å²) in [5.41, 5.74) is 1.23. The number of aromatic nitrogens is 2. The number of hydrogen-bond acceptors (Lipinski definition) is 7. The second kappa shape index (κ2) is 8.91. The Bertz CT molecular complexity index is 1240. The highest BCUT2D eigenvalue weighted by molar-refractivity contribution is 7.14. The monoisotopic (exact) mass is 475 g/mol. The van der Waals surface area contributed by atoms with Crippen molar-refractivity contribution in [3.05, 3.63) is 52.5 Å². The van der Waals surface area contributed by atoms with Crippen molar-refractivity contribution in [1.29, 1.82) is 0 Å². The summed E-state index contributed by atoms with van der Waals surface area (Å²) in [5.74, 6) is -0.454. The van der Waals surface area contributed by atoms with Crippen LogP contribution in [-0.4, -0.2) is 47.6 Å². The van der Waals surface area contributed by atoms with E-state index in [0.29, 0.717) is 27.7 Å². The van der Waals surface area contributed by atoms with Crippen molar-refractivity contribution in [3.63, 3.8) is 0 Å². The van der Waals surface area contributed by atoms with E-state index in [4.69, 9.17) is 5.11 Å². The van der Waals surface area contributed by atoms with Crippen LogP contribution in [0.25, 0.3) is 10.6 Å². The van der Waals surface area contributed by atoms with Gasteiger partial charge in [-0.15, -0.1) is 10.2 Å². The van der Waals surface area contributed by atoms with Gasteiger partial charge in [0.1, 0.15) is 10.0 Å². The molecule has 0 saturated heterocycles. The van der Waals surface area contributed by atoms with Crippen LogP contribution in [0.15, 0.2) is 41.4 Å². The smallest absolute Gasteiger partial charge is 0.396 e. The SMILES string of the molecule is CN(C)c1cc2c(cc1C(F)(F)F)NC(=O)CC(c1cccc(-c3nnc(CCO)s3)c1)=N2. The predicted molar refractivity (Wildman–Crippen MR) is 121 cm³/mol. The third kappa shape index (κ3) is 4.88. The molecule has 3 aromatic rings. The number of aliphatic hydroxyl groups excluding tert-OH is 1. The summed E-state index contributed by atoms with van der Waals surface area (Å²) in [6, 6.07) is 9.50. The van der Waals surface area contributed by atoms with E-state index < -0.39 is 17.6 Å². The number of rotatable bonds is 5. The lowest BCUT2D eigenvalue weighted by Crippen LogP contribution is -2.18. The summed E-state index contributed by atoms with van der Waals surface area (Å²) < 4.78 is 40.7. The first-order valence-electron chi connectivity index (χ1n) is 9.99. The number of amides is 1. The second-order valence-electron chi connectivity index (χ2n) is 7.62. The summed E-state index contributed by atoms with van der Waals surface area (Å²) in [4.78, 5) is 18.4. The number of carbonyl (C=O) groups excluding carboxylic acids is 1. The van der Waals surface area contributed by atoms with Gasteiger partial charge in [0.15, 0.2) is 0 Å². The van der Waals surface area contributed by atoms with Crippen molar-refractivity contribution in [2.75, 3.05) is 30.9 Å². The molecule has 0 atom stereocenters. The van der Waals surface area contributed by atoms with E-state index in [9.17, 15) is 18.0 Å². The van der Waals surface area contributed by atoms with Gasteiger partial charge in [-0.1, -0.05) is 29.5 Å². The Hall–Kier alpha value is -3.31. The Kier molecular flexibility index (Phi) is 6.17. The number of carbonyl (C=O) groups is 1. The molecule has 11 heteroatoms. The number of hydrogen-bond donors (Lipinski definition) is 2. The Morgan fingerprint density at radius 2 is 1.91 bits per heavy atom. The van der Waals surface area contributed by atoms with Crippen LogP contribution in [0.5, 0.6) is 0 Å². The van der Waals surface area contributed by atoms with Crippen LogP contribution in [0.4, 0.5) is 30.2 Å². The first kappa shape index (κ1) is 22.9. The Morgan fingerprint density at radius 3 is 2.61 bits per heavy atom. The minimum absolute atomic E-state index is 0.0156. The third-order valence-corrected chi connectivity index (χ3v) is 6.03. The van der Waals surface area contributed by atoms with Gasteiger partial charge in [-0.05, 0) is 23.8 Å². The second-order valence-corrected chi connectivity index (χ2v) is 8.68. The van der Waals surface area contributed by atoms with Crippen LogP contribution in [-0.2, 0) is 17.4 Å². The summed E-state index contributed by atoms with van der Waals surface area (Å²) in [5, 5.41) is 21.2. The molecule has 1 amide bonds. The molecule has 1 aliphatic rings. The maximum atomic E-state index is 13.6. The zero-order chi connectivity index (χ0) is 23.8. The Balaban J connectivity index is 1.78. The lowest BCUT2D eigenvalue weighted by atomic mass is 10.0. The number of halogens is 3. The normalized spacial score (nSPS) is 13.8. The number of alkyl halides is 3.